The predicted octanol–water partition coefficient (Wildman–Crippen LogP) is 0.775. The van der Waals surface area contributed by atoms with Gasteiger partial charge in [-0.2, -0.15) is 0 Å². The van der Waals surface area contributed by atoms with E-state index in [1.807, 2.05) is 19.9 Å². The maximum absolute atomic E-state index is 11.8. The van der Waals surface area contributed by atoms with Crippen molar-refractivity contribution in [2.24, 2.45) is 17.4 Å². The Labute approximate surface area is 113 Å². The van der Waals surface area contributed by atoms with Crippen LogP contribution in [0.1, 0.15) is 36.2 Å². The molecule has 0 aromatic heterocycles. The lowest BCUT2D eigenvalue weighted by molar-refractivity contribution is -0.123. The Morgan fingerprint density at radius 2 is 2.05 bits per heavy atom. The lowest BCUT2D eigenvalue weighted by atomic mass is 9.99. The molecule has 0 aliphatic heterocycles. The van der Waals surface area contributed by atoms with E-state index in [1.54, 1.807) is 18.2 Å². The molecule has 2 atom stereocenters. The van der Waals surface area contributed by atoms with Crippen LogP contribution < -0.4 is 16.8 Å². The molecule has 0 aliphatic carbocycles. The van der Waals surface area contributed by atoms with E-state index in [2.05, 4.69) is 5.32 Å². The van der Waals surface area contributed by atoms with Crippen LogP contribution in [-0.4, -0.2) is 17.9 Å². The molecule has 1 aromatic carbocycles. The van der Waals surface area contributed by atoms with Gasteiger partial charge in [0.05, 0.1) is 6.04 Å². The molecular formula is C14H21N3O2. The lowest BCUT2D eigenvalue weighted by Crippen LogP contribution is -2.44. The molecule has 1 aromatic rings. The topological polar surface area (TPSA) is 98.2 Å². The zero-order valence-corrected chi connectivity index (χ0v) is 11.3. The molecular weight excluding hydrogens is 242 g/mol. The summed E-state index contributed by atoms with van der Waals surface area (Å²) < 4.78 is 0. The third-order valence-electron chi connectivity index (χ3n) is 3.24. The van der Waals surface area contributed by atoms with Crippen molar-refractivity contribution in [1.82, 2.24) is 5.32 Å². The van der Waals surface area contributed by atoms with Crippen LogP contribution in [0.5, 0.6) is 0 Å². The van der Waals surface area contributed by atoms with Gasteiger partial charge in [0.1, 0.15) is 0 Å². The van der Waals surface area contributed by atoms with Crippen LogP contribution in [0.2, 0.25) is 0 Å². The third-order valence-corrected chi connectivity index (χ3v) is 3.24. The Balaban J connectivity index is 2.59. The number of nitrogens with one attached hydrogen (secondary N) is 1. The molecule has 0 unspecified atom stereocenters. The zero-order valence-electron chi connectivity index (χ0n) is 11.3. The van der Waals surface area contributed by atoms with Gasteiger partial charge < -0.3 is 16.8 Å². The van der Waals surface area contributed by atoms with E-state index in [0.29, 0.717) is 12.1 Å². The minimum Gasteiger partial charge on any atom is -0.366 e. The third kappa shape index (κ3) is 4.37. The summed E-state index contributed by atoms with van der Waals surface area (Å²) in [6, 6.07) is 6.34. The van der Waals surface area contributed by atoms with E-state index in [9.17, 15) is 9.59 Å². The van der Waals surface area contributed by atoms with Gasteiger partial charge in [0.15, 0.2) is 0 Å². The molecule has 0 bridgehead atoms. The fourth-order valence-corrected chi connectivity index (χ4v) is 1.65. The standard InChI is InChI=1S/C14H21N3O2/c1-3-9(2)12(15)14(19)17-8-10-5-4-6-11(7-10)13(16)18/h4-7,9,12H,3,8,15H2,1-2H3,(H2,16,18)(H,17,19)/t9-,12-/m0/s1. The highest BCUT2D eigenvalue weighted by atomic mass is 16.2. The predicted molar refractivity (Wildman–Crippen MR) is 74.2 cm³/mol. The average molecular weight is 263 g/mol. The summed E-state index contributed by atoms with van der Waals surface area (Å²) in [5.41, 5.74) is 12.3. The van der Waals surface area contributed by atoms with Gasteiger partial charge in [0, 0.05) is 12.1 Å². The largest absolute Gasteiger partial charge is 0.366 e. The van der Waals surface area contributed by atoms with Gasteiger partial charge in [-0.3, -0.25) is 9.59 Å². The van der Waals surface area contributed by atoms with Gasteiger partial charge in [-0.25, -0.2) is 0 Å². The smallest absolute Gasteiger partial charge is 0.248 e. The van der Waals surface area contributed by atoms with E-state index < -0.39 is 11.9 Å². The summed E-state index contributed by atoms with van der Waals surface area (Å²) in [4.78, 5) is 22.9. The summed E-state index contributed by atoms with van der Waals surface area (Å²) >= 11 is 0. The maximum atomic E-state index is 11.8. The van der Waals surface area contributed by atoms with Crippen LogP contribution in [-0.2, 0) is 11.3 Å². The van der Waals surface area contributed by atoms with E-state index in [4.69, 9.17) is 11.5 Å². The first-order valence-electron chi connectivity index (χ1n) is 6.37. The Kier molecular flexibility index (Phi) is 5.51. The summed E-state index contributed by atoms with van der Waals surface area (Å²) in [5.74, 6) is -0.528. The molecule has 5 heteroatoms. The Morgan fingerprint density at radius 3 is 2.63 bits per heavy atom. The van der Waals surface area contributed by atoms with Gasteiger partial charge in [0.25, 0.3) is 0 Å². The molecule has 0 saturated heterocycles. The second-order valence-corrected chi connectivity index (χ2v) is 4.69. The normalized spacial score (nSPS) is 13.6. The van der Waals surface area contributed by atoms with Gasteiger partial charge in [-0.1, -0.05) is 32.4 Å². The highest BCUT2D eigenvalue weighted by Crippen LogP contribution is 2.07. The first-order valence-corrected chi connectivity index (χ1v) is 6.37. The highest BCUT2D eigenvalue weighted by molar-refractivity contribution is 5.92. The van der Waals surface area contributed by atoms with Crippen LogP contribution in [0, 0.1) is 5.92 Å². The number of carbonyl (C=O) groups excluding carboxylic acids is 2. The number of hydrogen-bond donors (Lipinski definition) is 3. The monoisotopic (exact) mass is 263 g/mol. The molecule has 0 spiro atoms. The van der Waals surface area contributed by atoms with Gasteiger partial charge >= 0.3 is 0 Å². The molecule has 0 radical (unpaired) electrons. The second-order valence-electron chi connectivity index (χ2n) is 4.69. The second kappa shape index (κ2) is 6.89. The van der Waals surface area contributed by atoms with Crippen molar-refractivity contribution in [1.29, 1.82) is 0 Å². The van der Waals surface area contributed by atoms with Gasteiger partial charge in [-0.15, -0.1) is 0 Å². The van der Waals surface area contributed by atoms with Gasteiger partial charge in [0.2, 0.25) is 11.8 Å². The Morgan fingerprint density at radius 1 is 1.37 bits per heavy atom. The SMILES string of the molecule is CC[C@H](C)[C@H](N)C(=O)NCc1cccc(C(N)=O)c1. The number of rotatable bonds is 6. The number of benzene rings is 1. The fourth-order valence-electron chi connectivity index (χ4n) is 1.65. The minimum absolute atomic E-state index is 0.136. The molecule has 104 valence electrons. The number of amides is 2. The maximum Gasteiger partial charge on any atom is 0.248 e. The van der Waals surface area contributed by atoms with Crippen LogP contribution in [0.4, 0.5) is 0 Å². The lowest BCUT2D eigenvalue weighted by Gasteiger charge is -2.17. The number of hydrogen-bond acceptors (Lipinski definition) is 3. The van der Waals surface area contributed by atoms with Crippen molar-refractivity contribution < 1.29 is 9.59 Å². The van der Waals surface area contributed by atoms with Crippen LogP contribution in [0.25, 0.3) is 0 Å². The quantitative estimate of drug-likeness (QED) is 0.707. The molecule has 2 amide bonds. The minimum atomic E-state index is -0.510. The van der Waals surface area contributed by atoms with E-state index in [-0.39, 0.29) is 11.8 Å². The summed E-state index contributed by atoms with van der Waals surface area (Å²) in [7, 11) is 0. The molecule has 5 nitrogen and oxygen atoms in total. The van der Waals surface area contributed by atoms with Crippen molar-refractivity contribution in [2.75, 3.05) is 0 Å². The van der Waals surface area contributed by atoms with E-state index >= 15 is 0 Å². The molecule has 0 heterocycles. The molecule has 0 aliphatic rings. The molecule has 19 heavy (non-hydrogen) atoms. The summed E-state index contributed by atoms with van der Waals surface area (Å²) in [6.07, 6.45) is 0.853. The molecule has 5 N–H and O–H groups in total. The van der Waals surface area contributed by atoms with Crippen molar-refractivity contribution in [3.8, 4) is 0 Å². The van der Waals surface area contributed by atoms with Crippen molar-refractivity contribution in [3.63, 3.8) is 0 Å². The van der Waals surface area contributed by atoms with Gasteiger partial charge in [-0.05, 0) is 23.6 Å². The molecule has 0 saturated carbocycles. The van der Waals surface area contributed by atoms with Crippen LogP contribution in [0.15, 0.2) is 24.3 Å². The first kappa shape index (κ1) is 15.2. The Hall–Kier alpha value is -1.88. The number of carbonyl (C=O) groups is 2. The van der Waals surface area contributed by atoms with E-state index in [0.717, 1.165) is 12.0 Å². The van der Waals surface area contributed by atoms with E-state index in [1.165, 1.54) is 0 Å². The Bertz CT molecular complexity index is 460. The molecule has 0 fully saturated rings. The number of nitrogens with two attached hydrogens (primary N) is 2. The van der Waals surface area contributed by atoms with Crippen molar-refractivity contribution in [3.05, 3.63) is 35.4 Å². The number of primary amides is 1. The molecule has 1 rings (SSSR count). The van der Waals surface area contributed by atoms with Crippen LogP contribution in [0.3, 0.4) is 0 Å². The summed E-state index contributed by atoms with van der Waals surface area (Å²) in [6.45, 7) is 4.27. The fraction of sp³-hybridized carbons (Fsp3) is 0.429. The zero-order chi connectivity index (χ0) is 14.4. The van der Waals surface area contributed by atoms with Crippen LogP contribution >= 0.6 is 0 Å². The average Bonchev–Trinajstić information content (AvgIpc) is 2.43. The van der Waals surface area contributed by atoms with Crippen molar-refractivity contribution >= 4 is 11.8 Å². The highest BCUT2D eigenvalue weighted by Gasteiger charge is 2.18. The first-order chi connectivity index (χ1) is 8.95. The van der Waals surface area contributed by atoms with Crippen molar-refractivity contribution in [2.45, 2.75) is 32.9 Å². The summed E-state index contributed by atoms with van der Waals surface area (Å²) in [5, 5.41) is 2.76.